The Hall–Kier alpha value is -2.14. The molecule has 0 aliphatic carbocycles. The molecule has 2 heterocycles. The summed E-state index contributed by atoms with van der Waals surface area (Å²) < 4.78 is 7.31. The van der Waals surface area contributed by atoms with Crippen LogP contribution in [0.1, 0.15) is 23.3 Å². The van der Waals surface area contributed by atoms with Gasteiger partial charge in [0.1, 0.15) is 29.6 Å². The molecule has 0 radical (unpaired) electrons. The third-order valence-corrected chi connectivity index (χ3v) is 3.20. The van der Waals surface area contributed by atoms with Crippen molar-refractivity contribution in [1.29, 1.82) is 0 Å². The van der Waals surface area contributed by atoms with Crippen LogP contribution in [-0.2, 0) is 13.5 Å². The van der Waals surface area contributed by atoms with E-state index in [0.29, 0.717) is 12.2 Å². The monoisotopic (exact) mass is 257 g/mol. The van der Waals surface area contributed by atoms with Crippen LogP contribution in [0.5, 0.6) is 0 Å². The molecule has 98 valence electrons. The first-order valence-corrected chi connectivity index (χ1v) is 6.14. The van der Waals surface area contributed by atoms with Gasteiger partial charge >= 0.3 is 0 Å². The number of fused-ring (bicyclic) bond motifs is 1. The summed E-state index contributed by atoms with van der Waals surface area (Å²) in [4.78, 5) is 4.10. The second kappa shape index (κ2) is 4.51. The number of benzene rings is 1. The van der Waals surface area contributed by atoms with Crippen molar-refractivity contribution in [3.63, 3.8) is 0 Å². The Labute approximate surface area is 110 Å². The van der Waals surface area contributed by atoms with Crippen LogP contribution < -0.4 is 0 Å². The highest BCUT2D eigenvalue weighted by atomic mass is 16.4. The number of aryl methyl sites for hydroxylation is 2. The lowest BCUT2D eigenvalue weighted by molar-refractivity contribution is 0.149. The summed E-state index contributed by atoms with van der Waals surface area (Å²) in [5.74, 6) is 1.28. The fourth-order valence-electron chi connectivity index (χ4n) is 2.13. The molecule has 2 aromatic heterocycles. The van der Waals surface area contributed by atoms with Crippen LogP contribution in [0.4, 0.5) is 0 Å². The standard InChI is InChI=1S/C14H15N3O2/c1-9-3-4-12-10(5-9)6-13(19-12)11(18)7-14-15-8-16-17(14)2/h3-6,8,11,18H,7H2,1-2H3. The van der Waals surface area contributed by atoms with Gasteiger partial charge in [0.05, 0.1) is 0 Å². The number of aliphatic hydroxyl groups is 1. The second-order valence-electron chi connectivity index (χ2n) is 4.71. The Morgan fingerprint density at radius 1 is 1.37 bits per heavy atom. The Balaban J connectivity index is 1.89. The van der Waals surface area contributed by atoms with Crippen molar-refractivity contribution < 1.29 is 9.52 Å². The Morgan fingerprint density at radius 3 is 2.95 bits per heavy atom. The van der Waals surface area contributed by atoms with Gasteiger partial charge < -0.3 is 9.52 Å². The van der Waals surface area contributed by atoms with E-state index in [4.69, 9.17) is 4.42 Å². The van der Waals surface area contributed by atoms with Gasteiger partial charge in [-0.1, -0.05) is 11.6 Å². The van der Waals surface area contributed by atoms with Gasteiger partial charge in [0.25, 0.3) is 0 Å². The molecule has 1 atom stereocenters. The van der Waals surface area contributed by atoms with E-state index in [-0.39, 0.29) is 0 Å². The maximum atomic E-state index is 10.2. The molecule has 1 aromatic carbocycles. The lowest BCUT2D eigenvalue weighted by Crippen LogP contribution is -2.06. The summed E-state index contributed by atoms with van der Waals surface area (Å²) >= 11 is 0. The lowest BCUT2D eigenvalue weighted by Gasteiger charge is -2.06. The van der Waals surface area contributed by atoms with E-state index >= 15 is 0 Å². The van der Waals surface area contributed by atoms with Crippen molar-refractivity contribution in [2.45, 2.75) is 19.4 Å². The highest BCUT2D eigenvalue weighted by Gasteiger charge is 2.16. The minimum absolute atomic E-state index is 0.384. The molecule has 0 amide bonds. The molecule has 0 saturated carbocycles. The first-order chi connectivity index (χ1) is 9.13. The van der Waals surface area contributed by atoms with E-state index in [2.05, 4.69) is 10.1 Å². The highest BCUT2D eigenvalue weighted by molar-refractivity contribution is 5.78. The first-order valence-electron chi connectivity index (χ1n) is 6.14. The van der Waals surface area contributed by atoms with Gasteiger partial charge in [-0.05, 0) is 25.1 Å². The fourth-order valence-corrected chi connectivity index (χ4v) is 2.13. The summed E-state index contributed by atoms with van der Waals surface area (Å²) in [5, 5.41) is 15.2. The maximum absolute atomic E-state index is 10.2. The van der Waals surface area contributed by atoms with Gasteiger partial charge in [0.15, 0.2) is 0 Å². The molecule has 5 nitrogen and oxygen atoms in total. The summed E-state index contributed by atoms with van der Waals surface area (Å²) in [6.45, 7) is 2.03. The van der Waals surface area contributed by atoms with Crippen molar-refractivity contribution >= 4 is 11.0 Å². The van der Waals surface area contributed by atoms with E-state index in [0.717, 1.165) is 16.8 Å². The Morgan fingerprint density at radius 2 is 2.21 bits per heavy atom. The SMILES string of the molecule is Cc1ccc2oc(C(O)Cc3ncnn3C)cc2c1. The Kier molecular flexibility index (Phi) is 2.83. The highest BCUT2D eigenvalue weighted by Crippen LogP contribution is 2.26. The summed E-state index contributed by atoms with van der Waals surface area (Å²) in [6, 6.07) is 7.83. The smallest absolute Gasteiger partial charge is 0.138 e. The number of hydrogen-bond donors (Lipinski definition) is 1. The molecule has 1 unspecified atom stereocenters. The van der Waals surface area contributed by atoms with Crippen LogP contribution in [0.2, 0.25) is 0 Å². The third kappa shape index (κ3) is 2.24. The number of aliphatic hydroxyl groups excluding tert-OH is 1. The van der Waals surface area contributed by atoms with Crippen LogP contribution in [0.25, 0.3) is 11.0 Å². The van der Waals surface area contributed by atoms with Gasteiger partial charge in [-0.15, -0.1) is 0 Å². The van der Waals surface area contributed by atoms with Crippen LogP contribution in [0.15, 0.2) is 35.0 Å². The third-order valence-electron chi connectivity index (χ3n) is 3.20. The molecule has 0 fully saturated rings. The van der Waals surface area contributed by atoms with Crippen LogP contribution >= 0.6 is 0 Å². The predicted octanol–water partition coefficient (Wildman–Crippen LogP) is 2.15. The van der Waals surface area contributed by atoms with Gasteiger partial charge in [-0.3, -0.25) is 4.68 Å². The molecule has 0 saturated heterocycles. The largest absolute Gasteiger partial charge is 0.458 e. The molecule has 3 rings (SSSR count). The zero-order valence-corrected chi connectivity index (χ0v) is 10.9. The van der Waals surface area contributed by atoms with Crippen molar-refractivity contribution in [1.82, 2.24) is 14.8 Å². The average molecular weight is 257 g/mol. The van der Waals surface area contributed by atoms with Crippen molar-refractivity contribution in [2.75, 3.05) is 0 Å². The molecule has 1 N–H and O–H groups in total. The molecule has 0 bridgehead atoms. The quantitative estimate of drug-likeness (QED) is 0.780. The first kappa shape index (κ1) is 11.9. The van der Waals surface area contributed by atoms with E-state index in [9.17, 15) is 5.11 Å². The number of rotatable bonds is 3. The minimum Gasteiger partial charge on any atom is -0.458 e. The van der Waals surface area contributed by atoms with Crippen LogP contribution in [0, 0.1) is 6.92 Å². The molecule has 19 heavy (non-hydrogen) atoms. The fraction of sp³-hybridized carbons (Fsp3) is 0.286. The molecule has 5 heteroatoms. The number of nitrogens with zero attached hydrogens (tertiary/aromatic N) is 3. The summed E-state index contributed by atoms with van der Waals surface area (Å²) in [6.07, 6.45) is 1.15. The summed E-state index contributed by atoms with van der Waals surface area (Å²) in [5.41, 5.74) is 1.96. The molecule has 0 aliphatic rings. The molecular formula is C14H15N3O2. The number of aromatic nitrogens is 3. The second-order valence-corrected chi connectivity index (χ2v) is 4.71. The van der Waals surface area contributed by atoms with Gasteiger partial charge in [0, 0.05) is 18.9 Å². The Bertz CT molecular complexity index is 714. The number of hydrogen-bond acceptors (Lipinski definition) is 4. The van der Waals surface area contributed by atoms with E-state index in [1.165, 1.54) is 11.9 Å². The van der Waals surface area contributed by atoms with E-state index in [1.807, 2.05) is 31.2 Å². The van der Waals surface area contributed by atoms with Crippen molar-refractivity contribution in [3.05, 3.63) is 47.7 Å². The zero-order chi connectivity index (χ0) is 13.4. The molecule has 0 spiro atoms. The van der Waals surface area contributed by atoms with Crippen molar-refractivity contribution in [3.8, 4) is 0 Å². The average Bonchev–Trinajstić information content (AvgIpc) is 2.96. The normalized spacial score (nSPS) is 13.0. The van der Waals surface area contributed by atoms with Crippen LogP contribution in [-0.4, -0.2) is 19.9 Å². The lowest BCUT2D eigenvalue weighted by atomic mass is 10.1. The summed E-state index contributed by atoms with van der Waals surface area (Å²) in [7, 11) is 1.80. The number of furan rings is 1. The van der Waals surface area contributed by atoms with Gasteiger partial charge in [0.2, 0.25) is 0 Å². The van der Waals surface area contributed by atoms with Crippen LogP contribution in [0.3, 0.4) is 0 Å². The zero-order valence-electron chi connectivity index (χ0n) is 10.9. The minimum atomic E-state index is -0.712. The van der Waals surface area contributed by atoms with E-state index < -0.39 is 6.10 Å². The topological polar surface area (TPSA) is 64.1 Å². The van der Waals surface area contributed by atoms with E-state index in [1.54, 1.807) is 11.7 Å². The van der Waals surface area contributed by atoms with Crippen molar-refractivity contribution in [2.24, 2.45) is 7.05 Å². The van der Waals surface area contributed by atoms with Gasteiger partial charge in [-0.25, -0.2) is 4.98 Å². The molecule has 0 aliphatic heterocycles. The molecule has 3 aromatic rings. The maximum Gasteiger partial charge on any atom is 0.138 e. The van der Waals surface area contributed by atoms with Gasteiger partial charge in [-0.2, -0.15) is 5.10 Å². The molecular weight excluding hydrogens is 242 g/mol. The predicted molar refractivity (Wildman–Crippen MR) is 70.6 cm³/mol.